The number of aromatic nitrogens is 1. The van der Waals surface area contributed by atoms with Gasteiger partial charge in [0.15, 0.2) is 11.5 Å². The minimum Gasteiger partial charge on any atom is -0.507 e. The van der Waals surface area contributed by atoms with Crippen LogP contribution in [0.3, 0.4) is 0 Å². The summed E-state index contributed by atoms with van der Waals surface area (Å²) in [6, 6.07) is 15.1. The van der Waals surface area contributed by atoms with Crippen LogP contribution in [0.5, 0.6) is 11.5 Å². The Morgan fingerprint density at radius 3 is 2.64 bits per heavy atom. The summed E-state index contributed by atoms with van der Waals surface area (Å²) >= 11 is 3.46. The maximum atomic E-state index is 13.2. The molecule has 8 heteroatoms. The number of benzene rings is 2. The quantitative estimate of drug-likeness (QED) is 0.323. The number of hydrogen-bond donors (Lipinski definition) is 1. The van der Waals surface area contributed by atoms with Gasteiger partial charge in [-0.25, -0.2) is 0 Å². The number of aliphatic hydroxyl groups is 1. The summed E-state index contributed by atoms with van der Waals surface area (Å²) in [5, 5.41) is 11.3. The largest absolute Gasteiger partial charge is 0.507 e. The average molecular weight is 507 g/mol. The molecule has 7 nitrogen and oxygen atoms in total. The van der Waals surface area contributed by atoms with Gasteiger partial charge in [0.05, 0.1) is 11.6 Å². The molecular weight excluding hydrogens is 488 g/mol. The molecule has 1 aromatic heterocycles. The highest BCUT2D eigenvalue weighted by molar-refractivity contribution is 9.10. The maximum Gasteiger partial charge on any atom is 0.295 e. The normalized spacial score (nSPS) is 19.1. The number of carbonyl (C=O) groups excluding carboxylic acids is 2. The van der Waals surface area contributed by atoms with Gasteiger partial charge in [0.25, 0.3) is 11.7 Å². The second-order valence-electron chi connectivity index (χ2n) is 7.70. The van der Waals surface area contributed by atoms with Gasteiger partial charge < -0.3 is 19.5 Å². The fourth-order valence-electron chi connectivity index (χ4n) is 4.10. The monoisotopic (exact) mass is 506 g/mol. The van der Waals surface area contributed by atoms with Gasteiger partial charge in [-0.05, 0) is 47.5 Å². The number of pyridine rings is 1. The standard InChI is InChI=1S/C25H19BrN2O5/c26-18-5-1-4-16(11-18)22-21(23(29)17-6-7-19-20(12-17)33-10-9-32-19)24(30)25(31)28(22)14-15-3-2-8-27-13-15/h1-8,11-13,22,29H,9-10,14H2. The zero-order valence-electron chi connectivity index (χ0n) is 17.4. The molecule has 166 valence electrons. The first-order valence-electron chi connectivity index (χ1n) is 10.4. The lowest BCUT2D eigenvalue weighted by Crippen LogP contribution is -2.29. The number of carbonyl (C=O) groups is 2. The predicted octanol–water partition coefficient (Wildman–Crippen LogP) is 4.24. The molecule has 1 saturated heterocycles. The van der Waals surface area contributed by atoms with Crippen LogP contribution in [0.25, 0.3) is 5.76 Å². The number of likely N-dealkylation sites (tertiary alicyclic amines) is 1. The Kier molecular flexibility index (Phi) is 5.60. The molecule has 0 radical (unpaired) electrons. The summed E-state index contributed by atoms with van der Waals surface area (Å²) in [6.07, 6.45) is 3.30. The molecule has 1 unspecified atom stereocenters. The van der Waals surface area contributed by atoms with Crippen molar-refractivity contribution in [3.8, 4) is 11.5 Å². The smallest absolute Gasteiger partial charge is 0.295 e. The molecule has 0 saturated carbocycles. The van der Waals surface area contributed by atoms with Crippen LogP contribution in [-0.2, 0) is 16.1 Å². The van der Waals surface area contributed by atoms with Crippen LogP contribution in [0.15, 0.2) is 77.0 Å². The van der Waals surface area contributed by atoms with Crippen molar-refractivity contribution in [3.63, 3.8) is 0 Å². The van der Waals surface area contributed by atoms with E-state index in [1.54, 1.807) is 36.7 Å². The van der Waals surface area contributed by atoms with Crippen molar-refractivity contribution in [2.45, 2.75) is 12.6 Å². The SMILES string of the molecule is O=C1C(=O)N(Cc2cccnc2)C(c2cccc(Br)c2)C1=C(O)c1ccc2c(c1)OCCO2. The van der Waals surface area contributed by atoms with Crippen LogP contribution in [-0.4, -0.2) is 39.9 Å². The Labute approximate surface area is 198 Å². The Morgan fingerprint density at radius 2 is 1.88 bits per heavy atom. The van der Waals surface area contributed by atoms with Crippen molar-refractivity contribution >= 4 is 33.4 Å². The molecule has 2 aliphatic heterocycles. The molecule has 1 amide bonds. The second kappa shape index (κ2) is 8.71. The maximum absolute atomic E-state index is 13.2. The van der Waals surface area contributed by atoms with Crippen LogP contribution >= 0.6 is 15.9 Å². The first-order chi connectivity index (χ1) is 16.0. The van der Waals surface area contributed by atoms with Gasteiger partial charge >= 0.3 is 0 Å². The van der Waals surface area contributed by atoms with Crippen molar-refractivity contribution < 1.29 is 24.2 Å². The third kappa shape index (κ3) is 3.98. The summed E-state index contributed by atoms with van der Waals surface area (Å²) in [5.74, 6) is -0.629. The van der Waals surface area contributed by atoms with Crippen LogP contribution in [0.4, 0.5) is 0 Å². The van der Waals surface area contributed by atoms with Crippen LogP contribution in [0.1, 0.15) is 22.7 Å². The lowest BCUT2D eigenvalue weighted by atomic mass is 9.95. The van der Waals surface area contributed by atoms with E-state index in [1.807, 2.05) is 30.3 Å². The van der Waals surface area contributed by atoms with Crippen molar-refractivity contribution in [1.29, 1.82) is 0 Å². The number of amides is 1. The third-order valence-electron chi connectivity index (χ3n) is 5.60. The number of hydrogen-bond acceptors (Lipinski definition) is 6. The summed E-state index contributed by atoms with van der Waals surface area (Å²) in [5.41, 5.74) is 1.88. The topological polar surface area (TPSA) is 89.0 Å². The van der Waals surface area contributed by atoms with Gasteiger partial charge in [0, 0.05) is 29.0 Å². The molecule has 33 heavy (non-hydrogen) atoms. The van der Waals surface area contributed by atoms with Crippen molar-refractivity contribution in [1.82, 2.24) is 9.88 Å². The van der Waals surface area contributed by atoms with E-state index in [4.69, 9.17) is 9.47 Å². The molecule has 2 aliphatic rings. The number of ether oxygens (including phenoxy) is 2. The average Bonchev–Trinajstić information content (AvgIpc) is 3.09. The molecule has 0 spiro atoms. The van der Waals surface area contributed by atoms with Gasteiger partial charge in [-0.3, -0.25) is 14.6 Å². The zero-order chi connectivity index (χ0) is 22.9. The van der Waals surface area contributed by atoms with Crippen LogP contribution < -0.4 is 9.47 Å². The molecule has 3 heterocycles. The second-order valence-corrected chi connectivity index (χ2v) is 8.62. The van der Waals surface area contributed by atoms with Gasteiger partial charge in [0.2, 0.25) is 0 Å². The van der Waals surface area contributed by atoms with Gasteiger partial charge in [-0.1, -0.05) is 34.1 Å². The fourth-order valence-corrected chi connectivity index (χ4v) is 4.52. The summed E-state index contributed by atoms with van der Waals surface area (Å²) in [7, 11) is 0. The number of halogens is 1. The lowest BCUT2D eigenvalue weighted by molar-refractivity contribution is -0.140. The number of Topliss-reactive ketones (excluding diaryl/α,β-unsaturated/α-hetero) is 1. The van der Waals surface area contributed by atoms with Crippen molar-refractivity contribution in [2.75, 3.05) is 13.2 Å². The predicted molar refractivity (Wildman–Crippen MR) is 124 cm³/mol. The van der Waals surface area contributed by atoms with E-state index in [1.165, 1.54) is 4.90 Å². The lowest BCUT2D eigenvalue weighted by Gasteiger charge is -2.25. The highest BCUT2D eigenvalue weighted by atomic mass is 79.9. The first-order valence-corrected chi connectivity index (χ1v) is 11.1. The van der Waals surface area contributed by atoms with E-state index in [0.717, 1.165) is 10.0 Å². The van der Waals surface area contributed by atoms with Gasteiger partial charge in [0.1, 0.15) is 19.0 Å². The van der Waals surface area contributed by atoms with Crippen LogP contribution in [0.2, 0.25) is 0 Å². The number of rotatable bonds is 4. The minimum absolute atomic E-state index is 0.0265. The summed E-state index contributed by atoms with van der Waals surface area (Å²) in [6.45, 7) is 1.01. The van der Waals surface area contributed by atoms with E-state index in [0.29, 0.717) is 35.8 Å². The number of fused-ring (bicyclic) bond motifs is 1. The Balaban J connectivity index is 1.64. The molecule has 2 aromatic carbocycles. The van der Waals surface area contributed by atoms with E-state index in [2.05, 4.69) is 20.9 Å². The summed E-state index contributed by atoms with van der Waals surface area (Å²) < 4.78 is 12.0. The van der Waals surface area contributed by atoms with Crippen molar-refractivity contribution in [3.05, 3.63) is 93.7 Å². The highest BCUT2D eigenvalue weighted by Crippen LogP contribution is 2.42. The number of ketones is 1. The van der Waals surface area contributed by atoms with E-state index >= 15 is 0 Å². The van der Waals surface area contributed by atoms with Gasteiger partial charge in [-0.15, -0.1) is 0 Å². The molecule has 1 N–H and O–H groups in total. The third-order valence-corrected chi connectivity index (χ3v) is 6.09. The van der Waals surface area contributed by atoms with E-state index in [-0.39, 0.29) is 17.9 Å². The molecule has 0 aliphatic carbocycles. The number of nitrogens with zero attached hydrogens (tertiary/aromatic N) is 2. The van der Waals surface area contributed by atoms with E-state index in [9.17, 15) is 14.7 Å². The molecular formula is C25H19BrN2O5. The van der Waals surface area contributed by atoms with Gasteiger partial charge in [-0.2, -0.15) is 0 Å². The Hall–Kier alpha value is -3.65. The molecule has 3 aromatic rings. The fraction of sp³-hybridized carbons (Fsp3) is 0.160. The number of aliphatic hydroxyl groups excluding tert-OH is 1. The minimum atomic E-state index is -0.768. The molecule has 1 atom stereocenters. The molecule has 5 rings (SSSR count). The Morgan fingerprint density at radius 1 is 1.06 bits per heavy atom. The van der Waals surface area contributed by atoms with Crippen molar-refractivity contribution in [2.24, 2.45) is 0 Å². The first kappa shape index (κ1) is 21.2. The molecule has 1 fully saturated rings. The van der Waals surface area contributed by atoms with E-state index < -0.39 is 17.7 Å². The van der Waals surface area contributed by atoms with Crippen LogP contribution in [0, 0.1) is 0 Å². The Bertz CT molecular complexity index is 1270. The highest BCUT2D eigenvalue weighted by Gasteiger charge is 2.46. The zero-order valence-corrected chi connectivity index (χ0v) is 19.0. The molecule has 0 bridgehead atoms. The summed E-state index contributed by atoms with van der Waals surface area (Å²) in [4.78, 5) is 31.9.